The Morgan fingerprint density at radius 1 is 1.19 bits per heavy atom. The summed E-state index contributed by atoms with van der Waals surface area (Å²) in [7, 11) is 1.56. The van der Waals surface area contributed by atoms with E-state index in [4.69, 9.17) is 10.5 Å². The van der Waals surface area contributed by atoms with Gasteiger partial charge in [-0.05, 0) is 51.0 Å². The molecule has 4 rings (SSSR count). The summed E-state index contributed by atoms with van der Waals surface area (Å²) in [5.74, 6) is 0.291. The van der Waals surface area contributed by atoms with E-state index in [0.29, 0.717) is 22.1 Å². The first-order chi connectivity index (χ1) is 12.5. The maximum atomic E-state index is 12.8. The second-order valence-corrected chi connectivity index (χ2v) is 7.63. The predicted molar refractivity (Wildman–Crippen MR) is 110 cm³/mol. The number of fused-ring (bicyclic) bond motifs is 2. The number of anilines is 2. The van der Waals surface area contributed by atoms with Crippen molar-refractivity contribution < 1.29 is 9.53 Å². The minimum absolute atomic E-state index is 0.239. The maximum absolute atomic E-state index is 12.8. The molecule has 0 aliphatic heterocycles. The van der Waals surface area contributed by atoms with Gasteiger partial charge in [0.05, 0.1) is 22.9 Å². The third-order valence-corrected chi connectivity index (χ3v) is 5.47. The highest BCUT2D eigenvalue weighted by Crippen LogP contribution is 2.33. The van der Waals surface area contributed by atoms with Crippen molar-refractivity contribution in [1.29, 1.82) is 0 Å². The van der Waals surface area contributed by atoms with Crippen molar-refractivity contribution in [2.45, 2.75) is 0 Å². The average Bonchev–Trinajstić information content (AvgIpc) is 3.01. The number of aromatic nitrogens is 1. The van der Waals surface area contributed by atoms with Crippen molar-refractivity contribution >= 4 is 65.0 Å². The average molecular weight is 428 g/mol. The molecule has 3 aromatic carbocycles. The van der Waals surface area contributed by atoms with Gasteiger partial charge in [-0.2, -0.15) is 0 Å². The Bertz CT molecular complexity index is 1160. The number of nitrogen functional groups attached to an aromatic ring is 1. The van der Waals surface area contributed by atoms with Crippen LogP contribution in [0.2, 0.25) is 0 Å². The molecule has 0 unspecified atom stereocenters. The number of hydrogen-bond acceptors (Lipinski definition) is 5. The van der Waals surface area contributed by atoms with E-state index in [1.165, 1.54) is 11.3 Å². The molecule has 4 aromatic rings. The number of halogens is 1. The summed E-state index contributed by atoms with van der Waals surface area (Å²) in [4.78, 5) is 17.1. The first-order valence-corrected chi connectivity index (χ1v) is 9.40. The topological polar surface area (TPSA) is 77.2 Å². The highest BCUT2D eigenvalue weighted by Gasteiger charge is 2.15. The van der Waals surface area contributed by atoms with Crippen LogP contribution < -0.4 is 15.8 Å². The Morgan fingerprint density at radius 3 is 2.65 bits per heavy atom. The number of rotatable bonds is 3. The quantitative estimate of drug-likeness (QED) is 0.479. The summed E-state index contributed by atoms with van der Waals surface area (Å²) in [6, 6.07) is 15.2. The standard InChI is InChI=1S/C19H14BrN3O2S/c1-25-15-7-11-5-3-2-4-10(11)6-13(15)18(24)22-12-8-14(20)17-16(9-12)26-19(21)23-17/h2-9H,1H3,(H2,21,23)(H,22,24). The van der Waals surface area contributed by atoms with Crippen molar-refractivity contribution in [1.82, 2.24) is 4.98 Å². The fraction of sp³-hybridized carbons (Fsp3) is 0.0526. The number of carbonyl (C=O) groups excluding carboxylic acids is 1. The van der Waals surface area contributed by atoms with Crippen molar-refractivity contribution in [3.05, 3.63) is 58.6 Å². The number of benzene rings is 3. The molecule has 130 valence electrons. The predicted octanol–water partition coefficient (Wildman–Crippen LogP) is 5.06. The molecule has 0 spiro atoms. The number of carbonyl (C=O) groups is 1. The molecule has 0 saturated carbocycles. The lowest BCUT2D eigenvalue weighted by Crippen LogP contribution is -2.13. The van der Waals surface area contributed by atoms with Crippen molar-refractivity contribution in [3.8, 4) is 5.75 Å². The van der Waals surface area contributed by atoms with Gasteiger partial charge in [0.1, 0.15) is 5.75 Å². The molecule has 7 heteroatoms. The Kier molecular flexibility index (Phi) is 4.26. The third kappa shape index (κ3) is 3.00. The fourth-order valence-electron chi connectivity index (χ4n) is 2.84. The molecule has 0 saturated heterocycles. The highest BCUT2D eigenvalue weighted by molar-refractivity contribution is 9.10. The van der Waals surface area contributed by atoms with Crippen LogP contribution in [0.3, 0.4) is 0 Å². The van der Waals surface area contributed by atoms with Gasteiger partial charge in [0.25, 0.3) is 5.91 Å². The number of nitrogens with one attached hydrogen (secondary N) is 1. The first-order valence-electron chi connectivity index (χ1n) is 7.79. The molecule has 1 amide bonds. The Hall–Kier alpha value is -2.64. The molecule has 0 atom stereocenters. The zero-order valence-corrected chi connectivity index (χ0v) is 16.1. The number of ether oxygens (including phenoxy) is 1. The second kappa shape index (κ2) is 6.59. The van der Waals surface area contributed by atoms with Crippen LogP contribution in [0.1, 0.15) is 10.4 Å². The highest BCUT2D eigenvalue weighted by atomic mass is 79.9. The summed E-state index contributed by atoms with van der Waals surface area (Å²) in [5, 5.41) is 5.41. The second-order valence-electron chi connectivity index (χ2n) is 5.71. The van der Waals surface area contributed by atoms with Gasteiger partial charge in [-0.1, -0.05) is 35.6 Å². The van der Waals surface area contributed by atoms with Crippen LogP contribution in [-0.2, 0) is 0 Å². The van der Waals surface area contributed by atoms with Crippen LogP contribution in [0.15, 0.2) is 53.0 Å². The van der Waals surface area contributed by atoms with Crippen molar-refractivity contribution in [2.24, 2.45) is 0 Å². The molecular weight excluding hydrogens is 414 g/mol. The zero-order valence-electron chi connectivity index (χ0n) is 13.7. The number of nitrogens with zero attached hydrogens (tertiary/aromatic N) is 1. The number of nitrogens with two attached hydrogens (primary N) is 1. The largest absolute Gasteiger partial charge is 0.496 e. The van der Waals surface area contributed by atoms with Gasteiger partial charge in [0.2, 0.25) is 0 Å². The van der Waals surface area contributed by atoms with Gasteiger partial charge in [-0.3, -0.25) is 4.79 Å². The Morgan fingerprint density at radius 2 is 1.92 bits per heavy atom. The number of hydrogen-bond donors (Lipinski definition) is 2. The van der Waals surface area contributed by atoms with E-state index in [1.807, 2.05) is 48.5 Å². The van der Waals surface area contributed by atoms with E-state index < -0.39 is 0 Å². The third-order valence-electron chi connectivity index (χ3n) is 4.04. The number of thiazole rings is 1. The molecule has 1 heterocycles. The summed E-state index contributed by atoms with van der Waals surface area (Å²) in [6.45, 7) is 0. The van der Waals surface area contributed by atoms with E-state index in [9.17, 15) is 4.79 Å². The minimum atomic E-state index is -0.239. The van der Waals surface area contributed by atoms with Gasteiger partial charge in [-0.15, -0.1) is 0 Å². The normalized spacial score (nSPS) is 11.0. The summed E-state index contributed by atoms with van der Waals surface area (Å²) in [6.07, 6.45) is 0. The lowest BCUT2D eigenvalue weighted by molar-refractivity contribution is 0.102. The van der Waals surface area contributed by atoms with Gasteiger partial charge < -0.3 is 15.8 Å². The van der Waals surface area contributed by atoms with Crippen LogP contribution in [0.5, 0.6) is 5.75 Å². The summed E-state index contributed by atoms with van der Waals surface area (Å²) in [5.41, 5.74) is 7.70. The monoisotopic (exact) mass is 427 g/mol. The zero-order chi connectivity index (χ0) is 18.3. The van der Waals surface area contributed by atoms with Crippen LogP contribution in [-0.4, -0.2) is 18.0 Å². The van der Waals surface area contributed by atoms with Crippen LogP contribution >= 0.6 is 27.3 Å². The molecule has 0 fully saturated rings. The van der Waals surface area contributed by atoms with Gasteiger partial charge >= 0.3 is 0 Å². The molecular formula is C19H14BrN3O2S. The van der Waals surface area contributed by atoms with Crippen LogP contribution in [0, 0.1) is 0 Å². The van der Waals surface area contributed by atoms with Crippen LogP contribution in [0.4, 0.5) is 10.8 Å². The summed E-state index contributed by atoms with van der Waals surface area (Å²) < 4.78 is 7.10. The minimum Gasteiger partial charge on any atom is -0.496 e. The Labute approximate surface area is 161 Å². The van der Waals surface area contributed by atoms with E-state index in [2.05, 4.69) is 26.2 Å². The van der Waals surface area contributed by atoms with Crippen LogP contribution in [0.25, 0.3) is 21.0 Å². The number of amides is 1. The molecule has 5 nitrogen and oxygen atoms in total. The SMILES string of the molecule is COc1cc2ccccc2cc1C(=O)Nc1cc(Br)c2nc(N)sc2c1. The molecule has 0 aliphatic rings. The van der Waals surface area contributed by atoms with E-state index >= 15 is 0 Å². The van der Waals surface area contributed by atoms with Gasteiger partial charge in [0.15, 0.2) is 5.13 Å². The Balaban J connectivity index is 1.73. The molecule has 0 bridgehead atoms. The maximum Gasteiger partial charge on any atom is 0.259 e. The van der Waals surface area contributed by atoms with E-state index in [1.54, 1.807) is 7.11 Å². The molecule has 1 aromatic heterocycles. The fourth-order valence-corrected chi connectivity index (χ4v) is 4.32. The van der Waals surface area contributed by atoms with Crippen molar-refractivity contribution in [3.63, 3.8) is 0 Å². The molecule has 0 aliphatic carbocycles. The van der Waals surface area contributed by atoms with Gasteiger partial charge in [-0.25, -0.2) is 4.98 Å². The number of methoxy groups -OCH3 is 1. The lowest BCUT2D eigenvalue weighted by Gasteiger charge is -2.11. The summed E-state index contributed by atoms with van der Waals surface area (Å²) >= 11 is 4.85. The molecule has 0 radical (unpaired) electrons. The lowest BCUT2D eigenvalue weighted by atomic mass is 10.1. The molecule has 26 heavy (non-hydrogen) atoms. The van der Waals surface area contributed by atoms with E-state index in [-0.39, 0.29) is 5.91 Å². The van der Waals surface area contributed by atoms with E-state index in [0.717, 1.165) is 25.5 Å². The molecule has 3 N–H and O–H groups in total. The van der Waals surface area contributed by atoms with Crippen molar-refractivity contribution in [2.75, 3.05) is 18.2 Å². The first kappa shape index (κ1) is 16.8. The smallest absolute Gasteiger partial charge is 0.259 e. The van der Waals surface area contributed by atoms with Gasteiger partial charge in [0, 0.05) is 10.2 Å².